The minimum atomic E-state index is -2.95. The highest BCUT2D eigenvalue weighted by atomic mass is 32.2. The third kappa shape index (κ3) is 4.54. The lowest BCUT2D eigenvalue weighted by Crippen LogP contribution is -2.22. The van der Waals surface area contributed by atoms with Gasteiger partial charge in [-0.25, -0.2) is 8.42 Å². The fourth-order valence-electron chi connectivity index (χ4n) is 2.67. The lowest BCUT2D eigenvalue weighted by atomic mass is 10.1. The van der Waals surface area contributed by atoms with Crippen LogP contribution < -0.4 is 10.6 Å². The van der Waals surface area contributed by atoms with Crippen molar-refractivity contribution in [3.63, 3.8) is 0 Å². The summed E-state index contributed by atoms with van der Waals surface area (Å²) in [6, 6.07) is 10.7. The number of benzene rings is 1. The van der Waals surface area contributed by atoms with Crippen LogP contribution in [0.4, 0.5) is 11.5 Å². The number of rotatable bonds is 5. The van der Waals surface area contributed by atoms with Gasteiger partial charge in [0.25, 0.3) is 5.91 Å². The minimum absolute atomic E-state index is 0.102. The Morgan fingerprint density at radius 3 is 2.48 bits per heavy atom. The van der Waals surface area contributed by atoms with Gasteiger partial charge in [0.1, 0.15) is 5.82 Å². The first-order valence-electron chi connectivity index (χ1n) is 8.16. The van der Waals surface area contributed by atoms with Gasteiger partial charge >= 0.3 is 0 Å². The minimum Gasteiger partial charge on any atom is -0.365 e. The van der Waals surface area contributed by atoms with Gasteiger partial charge in [-0.15, -0.1) is 10.2 Å². The average Bonchev–Trinajstić information content (AvgIpc) is 2.94. The Labute approximate surface area is 146 Å². The number of carbonyl (C=O) groups is 1. The highest BCUT2D eigenvalue weighted by Gasteiger charge is 2.28. The van der Waals surface area contributed by atoms with Crippen molar-refractivity contribution in [2.45, 2.75) is 25.8 Å². The fraction of sp³-hybridized carbons (Fsp3) is 0.353. The van der Waals surface area contributed by atoms with Crippen molar-refractivity contribution >= 4 is 27.2 Å². The van der Waals surface area contributed by atoms with Crippen molar-refractivity contribution in [1.82, 2.24) is 10.2 Å². The molecule has 0 spiro atoms. The van der Waals surface area contributed by atoms with Crippen LogP contribution in [0.3, 0.4) is 0 Å². The second-order valence-corrected chi connectivity index (χ2v) is 8.28. The molecular formula is C17H20N4O3S. The average molecular weight is 360 g/mol. The third-order valence-corrected chi connectivity index (χ3v) is 5.87. The highest BCUT2D eigenvalue weighted by molar-refractivity contribution is 7.91. The van der Waals surface area contributed by atoms with Gasteiger partial charge in [-0.2, -0.15) is 0 Å². The molecule has 3 rings (SSSR count). The molecule has 8 heteroatoms. The Bertz CT molecular complexity index is 848. The van der Waals surface area contributed by atoms with E-state index in [9.17, 15) is 13.2 Å². The van der Waals surface area contributed by atoms with E-state index in [1.807, 2.05) is 24.3 Å². The van der Waals surface area contributed by atoms with E-state index in [0.29, 0.717) is 17.9 Å². The SMILES string of the molecule is CCc1ccc(NC(=O)c2ccc(NC3CCS(=O)(=O)C3)nn2)cc1. The molecule has 25 heavy (non-hydrogen) atoms. The molecule has 1 unspecified atom stereocenters. The summed E-state index contributed by atoms with van der Waals surface area (Å²) in [5.41, 5.74) is 2.09. The molecule has 0 saturated carbocycles. The molecule has 7 nitrogen and oxygen atoms in total. The Morgan fingerprint density at radius 1 is 1.16 bits per heavy atom. The molecule has 0 aliphatic carbocycles. The van der Waals surface area contributed by atoms with Gasteiger partial charge in [0.15, 0.2) is 15.5 Å². The Hall–Kier alpha value is -2.48. The normalized spacial score (nSPS) is 18.7. The molecule has 1 aromatic carbocycles. The molecule has 1 atom stereocenters. The summed E-state index contributed by atoms with van der Waals surface area (Å²) >= 11 is 0. The van der Waals surface area contributed by atoms with Gasteiger partial charge in [-0.3, -0.25) is 4.79 Å². The molecule has 0 radical (unpaired) electrons. The lowest BCUT2D eigenvalue weighted by molar-refractivity contribution is 0.102. The van der Waals surface area contributed by atoms with Crippen LogP contribution in [-0.4, -0.2) is 42.1 Å². The van der Waals surface area contributed by atoms with E-state index in [4.69, 9.17) is 0 Å². The zero-order chi connectivity index (χ0) is 17.9. The van der Waals surface area contributed by atoms with Crippen molar-refractivity contribution in [3.8, 4) is 0 Å². The summed E-state index contributed by atoms with van der Waals surface area (Å²) in [4.78, 5) is 12.2. The van der Waals surface area contributed by atoms with Crippen LogP contribution in [0.5, 0.6) is 0 Å². The van der Waals surface area contributed by atoms with Crippen LogP contribution in [0, 0.1) is 0 Å². The number of anilines is 2. The smallest absolute Gasteiger partial charge is 0.276 e. The van der Waals surface area contributed by atoms with E-state index >= 15 is 0 Å². The molecule has 1 aliphatic rings. The molecule has 132 valence electrons. The van der Waals surface area contributed by atoms with Crippen LogP contribution in [0.25, 0.3) is 0 Å². The summed E-state index contributed by atoms with van der Waals surface area (Å²) in [6.07, 6.45) is 1.50. The number of sulfone groups is 1. The van der Waals surface area contributed by atoms with Gasteiger partial charge in [-0.1, -0.05) is 19.1 Å². The van der Waals surface area contributed by atoms with Crippen molar-refractivity contribution < 1.29 is 13.2 Å². The number of aryl methyl sites for hydroxylation is 1. The first-order chi connectivity index (χ1) is 11.9. The van der Waals surface area contributed by atoms with Gasteiger partial charge in [-0.05, 0) is 42.7 Å². The zero-order valence-electron chi connectivity index (χ0n) is 13.9. The quantitative estimate of drug-likeness (QED) is 0.844. The summed E-state index contributed by atoms with van der Waals surface area (Å²) in [7, 11) is -2.95. The van der Waals surface area contributed by atoms with Gasteiger partial charge < -0.3 is 10.6 Å². The highest BCUT2D eigenvalue weighted by Crippen LogP contribution is 2.16. The molecular weight excluding hydrogens is 340 g/mol. The van der Waals surface area contributed by atoms with E-state index in [-0.39, 0.29) is 29.1 Å². The molecule has 1 aliphatic heterocycles. The number of aromatic nitrogens is 2. The van der Waals surface area contributed by atoms with Crippen molar-refractivity contribution in [2.24, 2.45) is 0 Å². The van der Waals surface area contributed by atoms with E-state index in [2.05, 4.69) is 27.8 Å². The summed E-state index contributed by atoms with van der Waals surface area (Å²) in [6.45, 7) is 2.07. The van der Waals surface area contributed by atoms with Crippen molar-refractivity contribution in [3.05, 3.63) is 47.7 Å². The van der Waals surface area contributed by atoms with E-state index in [1.165, 1.54) is 5.56 Å². The first kappa shape index (κ1) is 17.3. The topological polar surface area (TPSA) is 101 Å². The van der Waals surface area contributed by atoms with Crippen LogP contribution in [0.2, 0.25) is 0 Å². The van der Waals surface area contributed by atoms with E-state index in [1.54, 1.807) is 12.1 Å². The summed E-state index contributed by atoms with van der Waals surface area (Å²) in [5.74, 6) is 0.415. The number of hydrogen-bond acceptors (Lipinski definition) is 6. The molecule has 1 amide bonds. The number of carbonyl (C=O) groups excluding carboxylic acids is 1. The largest absolute Gasteiger partial charge is 0.365 e. The second-order valence-electron chi connectivity index (χ2n) is 6.05. The molecule has 2 heterocycles. The molecule has 2 N–H and O–H groups in total. The molecule has 2 aromatic rings. The van der Waals surface area contributed by atoms with Crippen LogP contribution in [0.15, 0.2) is 36.4 Å². The predicted molar refractivity (Wildman–Crippen MR) is 96.5 cm³/mol. The maximum absolute atomic E-state index is 12.2. The molecule has 1 saturated heterocycles. The summed E-state index contributed by atoms with van der Waals surface area (Å²) < 4.78 is 22.9. The van der Waals surface area contributed by atoms with Crippen LogP contribution >= 0.6 is 0 Å². The summed E-state index contributed by atoms with van der Waals surface area (Å²) in [5, 5.41) is 13.7. The Kier molecular flexibility index (Phi) is 4.98. The molecule has 0 bridgehead atoms. The monoisotopic (exact) mass is 360 g/mol. The lowest BCUT2D eigenvalue weighted by Gasteiger charge is -2.11. The van der Waals surface area contributed by atoms with Crippen LogP contribution in [0.1, 0.15) is 29.4 Å². The first-order valence-corrected chi connectivity index (χ1v) is 9.98. The Balaban J connectivity index is 1.60. The van der Waals surface area contributed by atoms with Gasteiger partial charge in [0, 0.05) is 11.7 Å². The van der Waals surface area contributed by atoms with Gasteiger partial charge in [0.2, 0.25) is 0 Å². The van der Waals surface area contributed by atoms with Gasteiger partial charge in [0.05, 0.1) is 11.5 Å². The third-order valence-electron chi connectivity index (χ3n) is 4.10. The van der Waals surface area contributed by atoms with E-state index in [0.717, 1.165) is 6.42 Å². The standard InChI is InChI=1S/C17H20N4O3S/c1-2-12-3-5-13(6-4-12)19-17(22)15-7-8-16(21-20-15)18-14-9-10-25(23,24)11-14/h3-8,14H,2,9-11H2,1H3,(H,18,21)(H,19,22). The number of nitrogens with zero attached hydrogens (tertiary/aromatic N) is 2. The second kappa shape index (κ2) is 7.18. The maximum atomic E-state index is 12.2. The maximum Gasteiger partial charge on any atom is 0.276 e. The molecule has 1 aromatic heterocycles. The number of nitrogens with one attached hydrogen (secondary N) is 2. The Morgan fingerprint density at radius 2 is 1.92 bits per heavy atom. The zero-order valence-corrected chi connectivity index (χ0v) is 14.7. The van der Waals surface area contributed by atoms with E-state index < -0.39 is 9.84 Å². The van der Waals surface area contributed by atoms with Crippen molar-refractivity contribution in [1.29, 1.82) is 0 Å². The van der Waals surface area contributed by atoms with Crippen molar-refractivity contribution in [2.75, 3.05) is 22.1 Å². The van der Waals surface area contributed by atoms with Crippen LogP contribution in [-0.2, 0) is 16.3 Å². The number of amides is 1. The number of hydrogen-bond donors (Lipinski definition) is 2. The predicted octanol–water partition coefficient (Wildman–Crippen LogP) is 1.89. The molecule has 1 fully saturated rings. The fourth-order valence-corrected chi connectivity index (χ4v) is 4.34.